The van der Waals surface area contributed by atoms with Crippen LogP contribution in [-0.2, 0) is 11.3 Å². The molecule has 1 atom stereocenters. The first kappa shape index (κ1) is 13.9. The van der Waals surface area contributed by atoms with E-state index in [0.717, 1.165) is 25.1 Å². The minimum absolute atomic E-state index is 0.0738. The Morgan fingerprint density at radius 3 is 3.11 bits per heavy atom. The minimum Gasteiger partial charge on any atom is -0.484 e. The summed E-state index contributed by atoms with van der Waals surface area (Å²) >= 11 is 0. The third kappa shape index (κ3) is 3.96. The van der Waals surface area contributed by atoms with Gasteiger partial charge in [-0.25, -0.2) is 0 Å². The number of ether oxygens (including phenoxy) is 1. The summed E-state index contributed by atoms with van der Waals surface area (Å²) < 4.78 is 5.55. The summed E-state index contributed by atoms with van der Waals surface area (Å²) in [5.41, 5.74) is 6.59. The van der Waals surface area contributed by atoms with Crippen LogP contribution >= 0.6 is 0 Å². The third-order valence-electron chi connectivity index (χ3n) is 3.51. The highest BCUT2D eigenvalue weighted by Crippen LogP contribution is 2.16. The molecule has 1 aliphatic rings. The van der Waals surface area contributed by atoms with Gasteiger partial charge in [0.05, 0.1) is 0 Å². The Bertz CT molecular complexity index is 434. The lowest BCUT2D eigenvalue weighted by molar-refractivity contribution is -0.135. The number of likely N-dealkylation sites (tertiary alicyclic amines) is 1. The quantitative estimate of drug-likeness (QED) is 0.900. The molecule has 2 rings (SSSR count). The molecule has 0 spiro atoms. The average molecular weight is 262 g/mol. The normalized spacial score (nSPS) is 19.3. The molecule has 1 aromatic carbocycles. The zero-order valence-electron chi connectivity index (χ0n) is 11.5. The lowest BCUT2D eigenvalue weighted by Crippen LogP contribution is -2.41. The van der Waals surface area contributed by atoms with E-state index in [4.69, 9.17) is 10.5 Å². The van der Waals surface area contributed by atoms with Gasteiger partial charge in [0.15, 0.2) is 6.61 Å². The summed E-state index contributed by atoms with van der Waals surface area (Å²) in [6.45, 7) is 4.49. The zero-order chi connectivity index (χ0) is 13.7. The van der Waals surface area contributed by atoms with Crippen LogP contribution in [0.25, 0.3) is 0 Å². The summed E-state index contributed by atoms with van der Waals surface area (Å²) in [6, 6.07) is 7.57. The van der Waals surface area contributed by atoms with Gasteiger partial charge in [0, 0.05) is 19.6 Å². The molecule has 19 heavy (non-hydrogen) atoms. The van der Waals surface area contributed by atoms with Crippen molar-refractivity contribution in [3.63, 3.8) is 0 Å². The molecule has 0 radical (unpaired) electrons. The molecule has 2 N–H and O–H groups in total. The fourth-order valence-corrected chi connectivity index (χ4v) is 2.41. The van der Waals surface area contributed by atoms with Crippen LogP contribution in [0.3, 0.4) is 0 Å². The van der Waals surface area contributed by atoms with E-state index in [1.165, 1.54) is 6.42 Å². The number of benzene rings is 1. The molecule has 0 aromatic heterocycles. The molecule has 1 heterocycles. The highest BCUT2D eigenvalue weighted by molar-refractivity contribution is 5.77. The second-order valence-corrected chi connectivity index (χ2v) is 5.23. The monoisotopic (exact) mass is 262 g/mol. The topological polar surface area (TPSA) is 55.6 Å². The van der Waals surface area contributed by atoms with E-state index in [1.807, 2.05) is 29.2 Å². The van der Waals surface area contributed by atoms with Crippen molar-refractivity contribution < 1.29 is 9.53 Å². The molecule has 0 aliphatic carbocycles. The SMILES string of the molecule is CC1CCCN(C(=O)COc2cccc(CN)c2)C1. The van der Waals surface area contributed by atoms with Crippen LogP contribution in [0.1, 0.15) is 25.3 Å². The fraction of sp³-hybridized carbons (Fsp3) is 0.533. The van der Waals surface area contributed by atoms with Crippen molar-refractivity contribution >= 4 is 5.91 Å². The summed E-state index contributed by atoms with van der Waals surface area (Å²) in [6.07, 6.45) is 2.30. The van der Waals surface area contributed by atoms with Gasteiger partial charge in [0.2, 0.25) is 0 Å². The number of carbonyl (C=O) groups is 1. The zero-order valence-corrected chi connectivity index (χ0v) is 11.5. The Kier molecular flexibility index (Phi) is 4.80. The number of rotatable bonds is 4. The van der Waals surface area contributed by atoms with Gasteiger partial charge in [-0.05, 0) is 36.5 Å². The van der Waals surface area contributed by atoms with E-state index >= 15 is 0 Å². The Labute approximate surface area is 114 Å². The third-order valence-corrected chi connectivity index (χ3v) is 3.51. The smallest absolute Gasteiger partial charge is 0.260 e. The molecule has 1 saturated heterocycles. The standard InChI is InChI=1S/C15H22N2O2/c1-12-4-3-7-17(10-12)15(18)11-19-14-6-2-5-13(8-14)9-16/h2,5-6,8,12H,3-4,7,9-11,16H2,1H3. The number of piperidine rings is 1. The number of amides is 1. The van der Waals surface area contributed by atoms with Crippen LogP contribution < -0.4 is 10.5 Å². The number of nitrogens with two attached hydrogens (primary N) is 1. The maximum absolute atomic E-state index is 12.0. The molecule has 0 bridgehead atoms. The molecule has 1 unspecified atom stereocenters. The molecule has 104 valence electrons. The molecule has 4 nitrogen and oxygen atoms in total. The molecular weight excluding hydrogens is 240 g/mol. The Morgan fingerprint density at radius 1 is 1.53 bits per heavy atom. The van der Waals surface area contributed by atoms with Gasteiger partial charge in [-0.2, -0.15) is 0 Å². The second kappa shape index (κ2) is 6.57. The molecular formula is C15H22N2O2. The van der Waals surface area contributed by atoms with Crippen molar-refractivity contribution in [2.24, 2.45) is 11.7 Å². The van der Waals surface area contributed by atoms with Crippen molar-refractivity contribution in [2.75, 3.05) is 19.7 Å². The lowest BCUT2D eigenvalue weighted by Gasteiger charge is -2.30. The van der Waals surface area contributed by atoms with Crippen LogP contribution in [0.2, 0.25) is 0 Å². The Morgan fingerprint density at radius 2 is 2.37 bits per heavy atom. The Balaban J connectivity index is 1.85. The second-order valence-electron chi connectivity index (χ2n) is 5.23. The number of hydrogen-bond donors (Lipinski definition) is 1. The van der Waals surface area contributed by atoms with Crippen LogP contribution in [0.15, 0.2) is 24.3 Å². The first-order valence-corrected chi connectivity index (χ1v) is 6.88. The van der Waals surface area contributed by atoms with Gasteiger partial charge in [-0.1, -0.05) is 19.1 Å². The van der Waals surface area contributed by atoms with Gasteiger partial charge in [0.25, 0.3) is 5.91 Å². The van der Waals surface area contributed by atoms with E-state index in [9.17, 15) is 4.79 Å². The predicted octanol–water partition coefficient (Wildman–Crippen LogP) is 1.78. The van der Waals surface area contributed by atoms with Gasteiger partial charge < -0.3 is 15.4 Å². The summed E-state index contributed by atoms with van der Waals surface area (Å²) in [7, 11) is 0. The van der Waals surface area contributed by atoms with E-state index in [2.05, 4.69) is 6.92 Å². The van der Waals surface area contributed by atoms with Crippen LogP contribution in [0, 0.1) is 5.92 Å². The van der Waals surface area contributed by atoms with Crippen molar-refractivity contribution in [3.8, 4) is 5.75 Å². The average Bonchev–Trinajstić information content (AvgIpc) is 2.45. The van der Waals surface area contributed by atoms with Crippen LogP contribution in [0.4, 0.5) is 0 Å². The van der Waals surface area contributed by atoms with E-state index < -0.39 is 0 Å². The maximum Gasteiger partial charge on any atom is 0.260 e. The molecule has 1 aromatic rings. The summed E-state index contributed by atoms with van der Waals surface area (Å²) in [4.78, 5) is 14.0. The highest BCUT2D eigenvalue weighted by Gasteiger charge is 2.20. The first-order valence-electron chi connectivity index (χ1n) is 6.88. The van der Waals surface area contributed by atoms with Gasteiger partial charge in [0.1, 0.15) is 5.75 Å². The summed E-state index contributed by atoms with van der Waals surface area (Å²) in [5, 5.41) is 0. The fourth-order valence-electron chi connectivity index (χ4n) is 2.41. The minimum atomic E-state index is 0.0738. The molecule has 0 saturated carbocycles. The molecule has 4 heteroatoms. The summed E-state index contributed by atoms with van der Waals surface area (Å²) in [5.74, 6) is 1.38. The van der Waals surface area contributed by atoms with Crippen molar-refractivity contribution in [2.45, 2.75) is 26.3 Å². The van der Waals surface area contributed by atoms with E-state index in [-0.39, 0.29) is 12.5 Å². The number of carbonyl (C=O) groups excluding carboxylic acids is 1. The van der Waals surface area contributed by atoms with E-state index in [1.54, 1.807) is 0 Å². The maximum atomic E-state index is 12.0. The van der Waals surface area contributed by atoms with Crippen LogP contribution in [0.5, 0.6) is 5.75 Å². The highest BCUT2D eigenvalue weighted by atomic mass is 16.5. The van der Waals surface area contributed by atoms with Crippen molar-refractivity contribution in [1.82, 2.24) is 4.90 Å². The first-order chi connectivity index (χ1) is 9.19. The molecule has 1 fully saturated rings. The van der Waals surface area contributed by atoms with Crippen LogP contribution in [-0.4, -0.2) is 30.5 Å². The van der Waals surface area contributed by atoms with Gasteiger partial charge >= 0.3 is 0 Å². The lowest BCUT2D eigenvalue weighted by atomic mass is 10.0. The predicted molar refractivity (Wildman–Crippen MR) is 74.8 cm³/mol. The van der Waals surface area contributed by atoms with Gasteiger partial charge in [-0.15, -0.1) is 0 Å². The van der Waals surface area contributed by atoms with Crippen molar-refractivity contribution in [1.29, 1.82) is 0 Å². The largest absolute Gasteiger partial charge is 0.484 e. The van der Waals surface area contributed by atoms with Crippen molar-refractivity contribution in [3.05, 3.63) is 29.8 Å². The molecule has 1 amide bonds. The molecule has 1 aliphatic heterocycles. The Hall–Kier alpha value is -1.55. The van der Waals surface area contributed by atoms with Gasteiger partial charge in [-0.3, -0.25) is 4.79 Å². The van der Waals surface area contributed by atoms with E-state index in [0.29, 0.717) is 18.2 Å². The number of hydrogen-bond acceptors (Lipinski definition) is 3. The number of nitrogens with zero attached hydrogens (tertiary/aromatic N) is 1.